The minimum Gasteiger partial charge on any atom is -0.338 e. The average molecular weight is 354 g/mol. The molecule has 2 rings (SSSR count). The lowest BCUT2D eigenvalue weighted by molar-refractivity contribution is -0.137. The average Bonchev–Trinajstić information content (AvgIpc) is 2.56. The molecule has 0 heterocycles. The van der Waals surface area contributed by atoms with Crippen LogP contribution >= 0.6 is 0 Å². The molecule has 0 saturated carbocycles. The fraction of sp³-hybridized carbons (Fsp3) is 0.278. The van der Waals surface area contributed by atoms with Crippen LogP contribution < -0.4 is 10.6 Å². The Bertz CT molecular complexity index is 714. The fourth-order valence-electron chi connectivity index (χ4n) is 2.29. The molecule has 2 N–H and O–H groups in total. The molecule has 2 amide bonds. The second kappa shape index (κ2) is 8.00. The van der Waals surface area contributed by atoms with Crippen LogP contribution in [-0.4, -0.2) is 12.6 Å². The van der Waals surface area contributed by atoms with E-state index in [9.17, 15) is 22.4 Å². The summed E-state index contributed by atoms with van der Waals surface area (Å²) in [6.45, 7) is 1.93. The van der Waals surface area contributed by atoms with Gasteiger partial charge in [0.2, 0.25) is 0 Å². The van der Waals surface area contributed by atoms with Crippen molar-refractivity contribution >= 4 is 6.03 Å². The van der Waals surface area contributed by atoms with E-state index < -0.39 is 23.8 Å². The Hall–Kier alpha value is -2.57. The molecule has 3 nitrogen and oxygen atoms in total. The predicted molar refractivity (Wildman–Crippen MR) is 86.5 cm³/mol. The topological polar surface area (TPSA) is 41.1 Å². The van der Waals surface area contributed by atoms with Crippen LogP contribution in [0.3, 0.4) is 0 Å². The normalized spacial score (nSPS) is 12.5. The Balaban J connectivity index is 1.84. The maximum atomic E-state index is 12.8. The summed E-state index contributed by atoms with van der Waals surface area (Å²) in [5.41, 5.74) is 0.478. The third-order valence-corrected chi connectivity index (χ3v) is 3.67. The second-order valence-electron chi connectivity index (χ2n) is 5.62. The highest BCUT2D eigenvalue weighted by Crippen LogP contribution is 2.30. The van der Waals surface area contributed by atoms with Crippen LogP contribution in [0.5, 0.6) is 0 Å². The smallest absolute Gasteiger partial charge is 0.338 e. The van der Waals surface area contributed by atoms with Crippen molar-refractivity contribution < 1.29 is 22.4 Å². The second-order valence-corrected chi connectivity index (χ2v) is 5.62. The molecule has 1 atom stereocenters. The van der Waals surface area contributed by atoms with Crippen LogP contribution in [0.2, 0.25) is 0 Å². The van der Waals surface area contributed by atoms with Gasteiger partial charge >= 0.3 is 12.2 Å². The third-order valence-electron chi connectivity index (χ3n) is 3.67. The zero-order valence-electron chi connectivity index (χ0n) is 13.5. The largest absolute Gasteiger partial charge is 0.416 e. The molecule has 0 saturated heterocycles. The summed E-state index contributed by atoms with van der Waals surface area (Å²) in [6.07, 6.45) is -3.90. The van der Waals surface area contributed by atoms with Gasteiger partial charge in [0.05, 0.1) is 11.6 Å². The molecular formula is C18H18F4N2O. The van der Waals surface area contributed by atoms with E-state index in [2.05, 4.69) is 10.6 Å². The number of carbonyl (C=O) groups is 1. The Kier molecular flexibility index (Phi) is 6.01. The van der Waals surface area contributed by atoms with Gasteiger partial charge in [0.1, 0.15) is 5.82 Å². The number of benzene rings is 2. The van der Waals surface area contributed by atoms with E-state index >= 15 is 0 Å². The Morgan fingerprint density at radius 3 is 2.44 bits per heavy atom. The van der Waals surface area contributed by atoms with Crippen molar-refractivity contribution in [3.63, 3.8) is 0 Å². The minimum atomic E-state index is -4.42. The van der Waals surface area contributed by atoms with E-state index in [1.165, 1.54) is 24.3 Å². The molecule has 2 aromatic carbocycles. The predicted octanol–water partition coefficient (Wildman–Crippen LogP) is 4.45. The van der Waals surface area contributed by atoms with Crippen molar-refractivity contribution in [2.24, 2.45) is 0 Å². The highest BCUT2D eigenvalue weighted by molar-refractivity contribution is 5.74. The number of urea groups is 1. The van der Waals surface area contributed by atoms with Gasteiger partial charge in [-0.05, 0) is 48.7 Å². The van der Waals surface area contributed by atoms with Crippen LogP contribution in [-0.2, 0) is 12.6 Å². The number of nitrogens with one attached hydrogen (secondary N) is 2. The monoisotopic (exact) mass is 354 g/mol. The SMILES string of the molecule is CC(NC(=O)NCCc1ccc(F)cc1)c1cccc(C(F)(F)F)c1. The zero-order chi connectivity index (χ0) is 18.4. The van der Waals surface area contributed by atoms with Gasteiger partial charge in [0.25, 0.3) is 0 Å². The highest BCUT2D eigenvalue weighted by atomic mass is 19.4. The standard InChI is InChI=1S/C18H18F4N2O/c1-12(14-3-2-4-15(11-14)18(20,21)22)24-17(25)23-10-9-13-5-7-16(19)8-6-13/h2-8,11-12H,9-10H2,1H3,(H2,23,24,25). The lowest BCUT2D eigenvalue weighted by Crippen LogP contribution is -2.38. The first-order valence-corrected chi connectivity index (χ1v) is 7.71. The van der Waals surface area contributed by atoms with Gasteiger partial charge in [-0.2, -0.15) is 13.2 Å². The van der Waals surface area contributed by atoms with E-state index in [-0.39, 0.29) is 5.82 Å². The summed E-state index contributed by atoms with van der Waals surface area (Å²) >= 11 is 0. The van der Waals surface area contributed by atoms with E-state index in [1.807, 2.05) is 0 Å². The zero-order valence-corrected chi connectivity index (χ0v) is 13.5. The van der Waals surface area contributed by atoms with Gasteiger partial charge < -0.3 is 10.6 Å². The molecule has 0 bridgehead atoms. The van der Waals surface area contributed by atoms with Crippen molar-refractivity contribution in [1.82, 2.24) is 10.6 Å². The van der Waals surface area contributed by atoms with Crippen molar-refractivity contribution in [3.05, 3.63) is 71.0 Å². The molecule has 0 spiro atoms. The molecule has 25 heavy (non-hydrogen) atoms. The number of alkyl halides is 3. The highest BCUT2D eigenvalue weighted by Gasteiger charge is 2.30. The quantitative estimate of drug-likeness (QED) is 0.766. The van der Waals surface area contributed by atoms with Crippen LogP contribution in [0.4, 0.5) is 22.4 Å². The number of carbonyl (C=O) groups excluding carboxylic acids is 1. The van der Waals surface area contributed by atoms with Crippen molar-refractivity contribution in [2.75, 3.05) is 6.54 Å². The molecular weight excluding hydrogens is 336 g/mol. The molecule has 2 aromatic rings. The van der Waals surface area contributed by atoms with E-state index in [4.69, 9.17) is 0 Å². The van der Waals surface area contributed by atoms with Crippen LogP contribution in [0.15, 0.2) is 48.5 Å². The number of rotatable bonds is 5. The number of hydrogen-bond donors (Lipinski definition) is 2. The summed E-state index contributed by atoms with van der Waals surface area (Å²) in [5.74, 6) is -0.329. The van der Waals surface area contributed by atoms with Gasteiger partial charge in [-0.3, -0.25) is 0 Å². The fourth-order valence-corrected chi connectivity index (χ4v) is 2.29. The first-order chi connectivity index (χ1) is 11.8. The first kappa shape index (κ1) is 18.8. The third kappa shape index (κ3) is 5.77. The van der Waals surface area contributed by atoms with Crippen LogP contribution in [0.25, 0.3) is 0 Å². The summed E-state index contributed by atoms with van der Waals surface area (Å²) in [7, 11) is 0. The number of hydrogen-bond acceptors (Lipinski definition) is 1. The number of amides is 2. The van der Waals surface area contributed by atoms with Crippen molar-refractivity contribution in [3.8, 4) is 0 Å². The summed E-state index contributed by atoms with van der Waals surface area (Å²) in [5, 5.41) is 5.22. The van der Waals surface area contributed by atoms with Crippen LogP contribution in [0.1, 0.15) is 29.7 Å². The maximum absolute atomic E-state index is 12.8. The molecule has 0 fully saturated rings. The lowest BCUT2D eigenvalue weighted by Gasteiger charge is -2.16. The van der Waals surface area contributed by atoms with E-state index in [1.54, 1.807) is 19.1 Å². The molecule has 0 aliphatic carbocycles. The Morgan fingerprint density at radius 1 is 1.12 bits per heavy atom. The van der Waals surface area contributed by atoms with Gasteiger partial charge in [-0.15, -0.1) is 0 Å². The molecule has 0 radical (unpaired) electrons. The molecule has 7 heteroatoms. The Labute approximate surface area is 143 Å². The molecule has 0 aliphatic heterocycles. The summed E-state index contributed by atoms with van der Waals surface area (Å²) in [4.78, 5) is 11.8. The van der Waals surface area contributed by atoms with Crippen molar-refractivity contribution in [2.45, 2.75) is 25.6 Å². The van der Waals surface area contributed by atoms with Crippen LogP contribution in [0, 0.1) is 5.82 Å². The van der Waals surface area contributed by atoms with Gasteiger partial charge in [0.15, 0.2) is 0 Å². The molecule has 0 aliphatic rings. The van der Waals surface area contributed by atoms with Gasteiger partial charge in [0, 0.05) is 6.54 Å². The van der Waals surface area contributed by atoms with Gasteiger partial charge in [-0.1, -0.05) is 24.3 Å². The summed E-state index contributed by atoms with van der Waals surface area (Å²) in [6, 6.07) is 9.71. The van der Waals surface area contributed by atoms with Gasteiger partial charge in [-0.25, -0.2) is 9.18 Å². The first-order valence-electron chi connectivity index (χ1n) is 7.71. The lowest BCUT2D eigenvalue weighted by atomic mass is 10.1. The summed E-state index contributed by atoms with van der Waals surface area (Å²) < 4.78 is 51.0. The molecule has 1 unspecified atom stereocenters. The minimum absolute atomic E-state index is 0.326. The van der Waals surface area contributed by atoms with E-state index in [0.717, 1.165) is 17.7 Å². The van der Waals surface area contributed by atoms with E-state index in [0.29, 0.717) is 18.5 Å². The Morgan fingerprint density at radius 2 is 1.80 bits per heavy atom. The number of halogens is 4. The van der Waals surface area contributed by atoms with Crippen molar-refractivity contribution in [1.29, 1.82) is 0 Å². The molecule has 134 valence electrons. The maximum Gasteiger partial charge on any atom is 0.416 e. The molecule has 0 aromatic heterocycles.